The molecular formula is C17H20FN3O2S. The number of aromatic nitrogens is 1. The second-order valence-electron chi connectivity index (χ2n) is 6.26. The fraction of sp³-hybridized carbons (Fsp3) is 0.412. The third-order valence-corrected chi connectivity index (χ3v) is 5.17. The average molecular weight is 349 g/mol. The fourth-order valence-electron chi connectivity index (χ4n) is 2.89. The molecule has 0 aromatic carbocycles. The summed E-state index contributed by atoms with van der Waals surface area (Å²) in [5.41, 5.74) is 0.0334. The van der Waals surface area contributed by atoms with E-state index in [0.29, 0.717) is 23.7 Å². The van der Waals surface area contributed by atoms with Crippen molar-refractivity contribution < 1.29 is 14.3 Å². The maximum absolute atomic E-state index is 13.0. The Hall–Kier alpha value is -1.99. The van der Waals surface area contributed by atoms with Crippen molar-refractivity contribution in [3.63, 3.8) is 0 Å². The Morgan fingerprint density at radius 1 is 1.54 bits per heavy atom. The highest BCUT2D eigenvalue weighted by molar-refractivity contribution is 7.12. The summed E-state index contributed by atoms with van der Waals surface area (Å²) in [7, 11) is 0. The summed E-state index contributed by atoms with van der Waals surface area (Å²) < 4.78 is 13.0. The Morgan fingerprint density at radius 2 is 2.38 bits per heavy atom. The molecule has 1 aliphatic rings. The van der Waals surface area contributed by atoms with E-state index in [9.17, 15) is 14.3 Å². The van der Waals surface area contributed by atoms with E-state index < -0.39 is 5.60 Å². The number of rotatable bonds is 4. The van der Waals surface area contributed by atoms with Gasteiger partial charge in [0.05, 0.1) is 16.7 Å². The van der Waals surface area contributed by atoms with Crippen molar-refractivity contribution in [2.45, 2.75) is 25.4 Å². The Labute approximate surface area is 144 Å². The van der Waals surface area contributed by atoms with Crippen LogP contribution in [0.15, 0.2) is 29.8 Å². The minimum Gasteiger partial charge on any atom is -0.386 e. The van der Waals surface area contributed by atoms with Crippen molar-refractivity contribution in [3.05, 3.63) is 46.0 Å². The van der Waals surface area contributed by atoms with Gasteiger partial charge in [-0.3, -0.25) is 4.79 Å². The van der Waals surface area contributed by atoms with Gasteiger partial charge in [-0.1, -0.05) is 0 Å². The highest BCUT2D eigenvalue weighted by atomic mass is 32.1. The van der Waals surface area contributed by atoms with Crippen LogP contribution >= 0.6 is 11.3 Å². The van der Waals surface area contributed by atoms with Gasteiger partial charge in [0.25, 0.3) is 5.91 Å². The molecule has 1 saturated heterocycles. The zero-order valence-corrected chi connectivity index (χ0v) is 14.3. The minimum atomic E-state index is -1.02. The van der Waals surface area contributed by atoms with Gasteiger partial charge in [-0.25, -0.2) is 9.37 Å². The number of carbonyl (C=O) groups is 1. The van der Waals surface area contributed by atoms with Crippen LogP contribution in [0.5, 0.6) is 0 Å². The van der Waals surface area contributed by atoms with E-state index in [1.165, 1.54) is 23.6 Å². The number of carbonyl (C=O) groups excluding carboxylic acids is 1. The molecule has 0 unspecified atom stereocenters. The van der Waals surface area contributed by atoms with Crippen LogP contribution in [0.25, 0.3) is 0 Å². The molecule has 5 nitrogen and oxygen atoms in total. The molecule has 24 heavy (non-hydrogen) atoms. The van der Waals surface area contributed by atoms with Crippen LogP contribution in [0.3, 0.4) is 0 Å². The molecule has 2 aromatic heterocycles. The Balaban J connectivity index is 1.62. The molecule has 0 bridgehead atoms. The number of hydrogen-bond acceptors (Lipinski definition) is 5. The first-order valence-corrected chi connectivity index (χ1v) is 8.75. The molecule has 1 aliphatic heterocycles. The van der Waals surface area contributed by atoms with Gasteiger partial charge in [0, 0.05) is 19.6 Å². The van der Waals surface area contributed by atoms with Crippen LogP contribution in [-0.4, -0.2) is 41.2 Å². The molecule has 2 N–H and O–H groups in total. The van der Waals surface area contributed by atoms with Gasteiger partial charge >= 0.3 is 0 Å². The first-order valence-electron chi connectivity index (χ1n) is 7.87. The van der Waals surface area contributed by atoms with E-state index in [1.807, 2.05) is 23.3 Å². The molecule has 0 saturated carbocycles. The van der Waals surface area contributed by atoms with Crippen LogP contribution in [0.2, 0.25) is 0 Å². The Morgan fingerprint density at radius 3 is 3.04 bits per heavy atom. The topological polar surface area (TPSA) is 65.5 Å². The van der Waals surface area contributed by atoms with Crippen LogP contribution in [0.1, 0.15) is 28.1 Å². The number of hydrogen-bond donors (Lipinski definition) is 2. The van der Waals surface area contributed by atoms with Gasteiger partial charge < -0.3 is 15.3 Å². The number of β-amino-alcohol motifs (C(OH)–C–C–N with tert-alkyl or cyclic N) is 1. The molecule has 128 valence electrons. The first-order chi connectivity index (χ1) is 11.5. The van der Waals surface area contributed by atoms with Gasteiger partial charge in [0.2, 0.25) is 0 Å². The lowest BCUT2D eigenvalue weighted by molar-refractivity contribution is 0.0255. The maximum Gasteiger partial charge on any atom is 0.261 e. The number of anilines is 1. The van der Waals surface area contributed by atoms with Gasteiger partial charge in [-0.05, 0) is 48.9 Å². The van der Waals surface area contributed by atoms with Crippen molar-refractivity contribution in [2.24, 2.45) is 0 Å². The third kappa shape index (κ3) is 3.91. The zero-order chi connectivity index (χ0) is 17.2. The second kappa shape index (κ2) is 6.86. The van der Waals surface area contributed by atoms with Crippen molar-refractivity contribution in [1.82, 2.24) is 10.3 Å². The summed E-state index contributed by atoms with van der Waals surface area (Å²) in [5, 5.41) is 15.5. The SMILES string of the molecule is Cc1csc(C(=O)NC[C@@]2(O)CCCN(c3ccc(F)cn3)C2)c1. The summed E-state index contributed by atoms with van der Waals surface area (Å²) in [6, 6.07) is 4.80. The second-order valence-corrected chi connectivity index (χ2v) is 7.17. The predicted octanol–water partition coefficient (Wildman–Crippen LogP) is 2.35. The number of aliphatic hydroxyl groups is 1. The molecule has 1 fully saturated rings. The van der Waals surface area contributed by atoms with Crippen LogP contribution < -0.4 is 10.2 Å². The van der Waals surface area contributed by atoms with Crippen molar-refractivity contribution >= 4 is 23.1 Å². The number of halogens is 1. The quantitative estimate of drug-likeness (QED) is 0.889. The number of pyridine rings is 1. The van der Waals surface area contributed by atoms with Crippen LogP contribution in [0, 0.1) is 12.7 Å². The normalized spacial score (nSPS) is 20.9. The molecule has 0 aliphatic carbocycles. The highest BCUT2D eigenvalue weighted by Gasteiger charge is 2.34. The van der Waals surface area contributed by atoms with Crippen molar-refractivity contribution in [2.75, 3.05) is 24.5 Å². The Bertz CT molecular complexity index is 719. The molecule has 7 heteroatoms. The zero-order valence-electron chi connectivity index (χ0n) is 13.5. The lowest BCUT2D eigenvalue weighted by Gasteiger charge is -2.39. The summed E-state index contributed by atoms with van der Waals surface area (Å²) >= 11 is 1.39. The van der Waals surface area contributed by atoms with E-state index in [4.69, 9.17) is 0 Å². The first kappa shape index (κ1) is 16.9. The van der Waals surface area contributed by atoms with E-state index in [0.717, 1.165) is 18.5 Å². The number of amides is 1. The van der Waals surface area contributed by atoms with Crippen LogP contribution in [-0.2, 0) is 0 Å². The predicted molar refractivity (Wildman–Crippen MR) is 92.0 cm³/mol. The lowest BCUT2D eigenvalue weighted by atomic mass is 9.92. The van der Waals surface area contributed by atoms with Gasteiger partial charge in [0.15, 0.2) is 0 Å². The van der Waals surface area contributed by atoms with Gasteiger partial charge in [-0.2, -0.15) is 0 Å². The van der Waals surface area contributed by atoms with E-state index in [-0.39, 0.29) is 18.3 Å². The fourth-order valence-corrected chi connectivity index (χ4v) is 3.70. The van der Waals surface area contributed by atoms with E-state index in [1.54, 1.807) is 6.07 Å². The molecule has 0 radical (unpaired) electrons. The number of thiophene rings is 1. The lowest BCUT2D eigenvalue weighted by Crippen LogP contribution is -2.54. The third-order valence-electron chi connectivity index (χ3n) is 4.12. The molecule has 1 atom stereocenters. The number of aryl methyl sites for hydroxylation is 1. The highest BCUT2D eigenvalue weighted by Crippen LogP contribution is 2.25. The van der Waals surface area contributed by atoms with Gasteiger partial charge in [-0.15, -0.1) is 11.3 Å². The number of nitrogens with one attached hydrogen (secondary N) is 1. The number of piperidine rings is 1. The van der Waals surface area contributed by atoms with E-state index >= 15 is 0 Å². The summed E-state index contributed by atoms with van der Waals surface area (Å²) in [4.78, 5) is 18.8. The Kier molecular flexibility index (Phi) is 4.82. The van der Waals surface area contributed by atoms with Crippen LogP contribution in [0.4, 0.5) is 10.2 Å². The molecule has 1 amide bonds. The van der Waals surface area contributed by atoms with Crippen molar-refractivity contribution in [1.29, 1.82) is 0 Å². The smallest absolute Gasteiger partial charge is 0.261 e. The molecule has 2 aromatic rings. The standard InChI is InChI=1S/C17H20FN3O2S/c1-12-7-14(24-9-12)16(22)20-10-17(23)5-2-6-21(11-17)15-4-3-13(18)8-19-15/h3-4,7-9,23H,2,5-6,10-11H2,1H3,(H,20,22)/t17-/m0/s1. The molecular weight excluding hydrogens is 329 g/mol. The molecule has 3 heterocycles. The minimum absolute atomic E-state index is 0.168. The average Bonchev–Trinajstić information content (AvgIpc) is 3.00. The summed E-state index contributed by atoms with van der Waals surface area (Å²) in [6.07, 6.45) is 2.56. The maximum atomic E-state index is 13.0. The monoisotopic (exact) mass is 349 g/mol. The largest absolute Gasteiger partial charge is 0.386 e. The summed E-state index contributed by atoms with van der Waals surface area (Å²) in [5.74, 6) is 0.0813. The van der Waals surface area contributed by atoms with E-state index in [2.05, 4.69) is 10.3 Å². The van der Waals surface area contributed by atoms with Crippen molar-refractivity contribution in [3.8, 4) is 0 Å². The molecule has 0 spiro atoms. The molecule has 3 rings (SSSR count). The van der Waals surface area contributed by atoms with Gasteiger partial charge in [0.1, 0.15) is 11.6 Å². The number of nitrogens with zero attached hydrogens (tertiary/aromatic N) is 2. The summed E-state index contributed by atoms with van der Waals surface area (Å²) in [6.45, 7) is 3.23.